The summed E-state index contributed by atoms with van der Waals surface area (Å²) < 4.78 is 44.2. The second kappa shape index (κ2) is 8.20. The Hall–Kier alpha value is -2.94. The van der Waals surface area contributed by atoms with E-state index < -0.39 is 33.8 Å². The summed E-state index contributed by atoms with van der Waals surface area (Å²) in [5.74, 6) is -1.76. The molecule has 9 heteroatoms. The molecule has 0 radical (unpaired) electrons. The molecule has 0 bridgehead atoms. The molecule has 154 valence electrons. The highest BCUT2D eigenvalue weighted by Gasteiger charge is 2.29. The number of aryl methyl sites for hydroxylation is 1. The lowest BCUT2D eigenvalue weighted by Crippen LogP contribution is -2.30. The van der Waals surface area contributed by atoms with Crippen LogP contribution in [0.4, 0.5) is 15.8 Å². The van der Waals surface area contributed by atoms with Crippen molar-refractivity contribution in [2.24, 2.45) is 0 Å². The third-order valence-corrected chi connectivity index (χ3v) is 6.43. The number of halogens is 1. The molecule has 1 heterocycles. The molecule has 1 fully saturated rings. The fourth-order valence-electron chi connectivity index (χ4n) is 2.91. The molecule has 1 atom stereocenters. The first kappa shape index (κ1) is 20.8. The van der Waals surface area contributed by atoms with Crippen molar-refractivity contribution in [1.29, 1.82) is 0 Å². The van der Waals surface area contributed by atoms with Gasteiger partial charge in [-0.3, -0.25) is 9.10 Å². The van der Waals surface area contributed by atoms with Gasteiger partial charge in [-0.25, -0.2) is 17.6 Å². The van der Waals surface area contributed by atoms with E-state index in [0.29, 0.717) is 24.2 Å². The molecule has 2 aromatic carbocycles. The van der Waals surface area contributed by atoms with Crippen LogP contribution in [-0.2, 0) is 19.6 Å². The number of nitrogens with one attached hydrogen (secondary N) is 1. The van der Waals surface area contributed by atoms with E-state index in [1.807, 2.05) is 0 Å². The molecule has 2 aromatic rings. The number of hydrogen-bond acceptors (Lipinski definition) is 5. The Labute approximate surface area is 168 Å². The molecular weight excluding hydrogens is 399 g/mol. The van der Waals surface area contributed by atoms with Crippen LogP contribution < -0.4 is 9.62 Å². The van der Waals surface area contributed by atoms with Gasteiger partial charge in [0.25, 0.3) is 5.91 Å². The van der Waals surface area contributed by atoms with Crippen molar-refractivity contribution < 1.29 is 27.1 Å². The minimum Gasteiger partial charge on any atom is -0.449 e. The van der Waals surface area contributed by atoms with Gasteiger partial charge in [0.2, 0.25) is 10.0 Å². The number of rotatable bonds is 5. The van der Waals surface area contributed by atoms with Crippen molar-refractivity contribution in [3.05, 3.63) is 59.4 Å². The van der Waals surface area contributed by atoms with Crippen LogP contribution >= 0.6 is 0 Å². The minimum atomic E-state index is -3.37. The van der Waals surface area contributed by atoms with E-state index in [-0.39, 0.29) is 17.0 Å². The highest BCUT2D eigenvalue weighted by atomic mass is 32.2. The average molecular weight is 420 g/mol. The van der Waals surface area contributed by atoms with Gasteiger partial charge >= 0.3 is 5.97 Å². The minimum absolute atomic E-state index is 0.0679. The van der Waals surface area contributed by atoms with Crippen molar-refractivity contribution >= 4 is 33.3 Å². The maximum Gasteiger partial charge on any atom is 0.338 e. The van der Waals surface area contributed by atoms with Crippen LogP contribution in [0.1, 0.15) is 29.3 Å². The molecule has 0 aliphatic carbocycles. The molecule has 29 heavy (non-hydrogen) atoms. The van der Waals surface area contributed by atoms with Gasteiger partial charge < -0.3 is 10.1 Å². The van der Waals surface area contributed by atoms with Gasteiger partial charge in [0, 0.05) is 12.2 Å². The van der Waals surface area contributed by atoms with E-state index in [2.05, 4.69) is 5.32 Å². The predicted molar refractivity (Wildman–Crippen MR) is 107 cm³/mol. The molecule has 7 nitrogen and oxygen atoms in total. The summed E-state index contributed by atoms with van der Waals surface area (Å²) in [6.07, 6.45) is -0.612. The maximum atomic E-state index is 13.6. The van der Waals surface area contributed by atoms with Crippen LogP contribution in [0.2, 0.25) is 0 Å². The number of amides is 1. The monoisotopic (exact) mass is 420 g/mol. The Bertz CT molecular complexity index is 1050. The van der Waals surface area contributed by atoms with Crippen LogP contribution in [0, 0.1) is 12.7 Å². The second-order valence-electron chi connectivity index (χ2n) is 6.79. The molecule has 0 aromatic heterocycles. The molecule has 1 amide bonds. The van der Waals surface area contributed by atoms with Crippen molar-refractivity contribution in [2.45, 2.75) is 26.4 Å². The first-order chi connectivity index (χ1) is 13.7. The van der Waals surface area contributed by atoms with Crippen molar-refractivity contribution in [3.8, 4) is 0 Å². The normalized spacial score (nSPS) is 16.3. The van der Waals surface area contributed by atoms with E-state index in [1.165, 1.54) is 35.5 Å². The van der Waals surface area contributed by atoms with Gasteiger partial charge in [0.05, 0.1) is 17.0 Å². The smallest absolute Gasteiger partial charge is 0.338 e. The molecule has 1 N–H and O–H groups in total. The van der Waals surface area contributed by atoms with Crippen LogP contribution in [0.25, 0.3) is 0 Å². The standard InChI is InChI=1S/C20H21FN2O5S/c1-13-7-8-16(12-18(13)21)22-19(24)14(2)28-20(25)15-5-3-6-17(11-15)23-9-4-10-29(23,26)27/h3,5-8,11-12,14H,4,9-10H2,1-2H3,(H,22,24). The Morgan fingerprint density at radius 1 is 1.21 bits per heavy atom. The maximum absolute atomic E-state index is 13.6. The Kier molecular flexibility index (Phi) is 5.88. The van der Waals surface area contributed by atoms with Crippen molar-refractivity contribution in [1.82, 2.24) is 0 Å². The zero-order valence-electron chi connectivity index (χ0n) is 16.0. The second-order valence-corrected chi connectivity index (χ2v) is 8.81. The summed E-state index contributed by atoms with van der Waals surface area (Å²) in [7, 11) is -3.37. The number of esters is 1. The quantitative estimate of drug-likeness (QED) is 0.751. The number of ether oxygens (including phenoxy) is 1. The molecule has 0 spiro atoms. The summed E-state index contributed by atoms with van der Waals surface area (Å²) in [4.78, 5) is 24.6. The van der Waals surface area contributed by atoms with Crippen LogP contribution in [-0.4, -0.2) is 38.7 Å². The van der Waals surface area contributed by atoms with Gasteiger partial charge in [0.1, 0.15) is 5.82 Å². The molecule has 1 aliphatic heterocycles. The average Bonchev–Trinajstić information content (AvgIpc) is 3.03. The Morgan fingerprint density at radius 2 is 1.97 bits per heavy atom. The van der Waals surface area contributed by atoms with Crippen molar-refractivity contribution in [2.75, 3.05) is 21.9 Å². The number of anilines is 2. The van der Waals surface area contributed by atoms with E-state index in [4.69, 9.17) is 4.74 Å². The Balaban J connectivity index is 1.67. The van der Waals surface area contributed by atoms with E-state index in [0.717, 1.165) is 0 Å². The SMILES string of the molecule is Cc1ccc(NC(=O)C(C)OC(=O)c2cccc(N3CCCS3(=O)=O)c2)cc1F. The summed E-state index contributed by atoms with van der Waals surface area (Å²) in [6.45, 7) is 3.35. The third-order valence-electron chi connectivity index (χ3n) is 4.56. The lowest BCUT2D eigenvalue weighted by molar-refractivity contribution is -0.123. The highest BCUT2D eigenvalue weighted by Crippen LogP contribution is 2.25. The highest BCUT2D eigenvalue weighted by molar-refractivity contribution is 7.93. The van der Waals surface area contributed by atoms with Crippen LogP contribution in [0.15, 0.2) is 42.5 Å². The predicted octanol–water partition coefficient (Wildman–Crippen LogP) is 2.86. The summed E-state index contributed by atoms with van der Waals surface area (Å²) in [5.41, 5.74) is 1.21. The van der Waals surface area contributed by atoms with Gasteiger partial charge in [0.15, 0.2) is 6.10 Å². The van der Waals surface area contributed by atoms with E-state index in [9.17, 15) is 22.4 Å². The Morgan fingerprint density at radius 3 is 2.62 bits per heavy atom. The molecule has 0 saturated carbocycles. The molecular formula is C20H21FN2O5S. The fraction of sp³-hybridized carbons (Fsp3) is 0.300. The zero-order valence-corrected chi connectivity index (χ0v) is 16.8. The number of benzene rings is 2. The number of carbonyl (C=O) groups is 2. The number of sulfonamides is 1. The largest absolute Gasteiger partial charge is 0.449 e. The van der Waals surface area contributed by atoms with Crippen molar-refractivity contribution in [3.63, 3.8) is 0 Å². The first-order valence-corrected chi connectivity index (χ1v) is 10.7. The van der Waals surface area contributed by atoms with Gasteiger partial charge in [-0.2, -0.15) is 0 Å². The third kappa shape index (κ3) is 4.73. The van der Waals surface area contributed by atoms with Crippen LogP contribution in [0.5, 0.6) is 0 Å². The number of hydrogen-bond donors (Lipinski definition) is 1. The lowest BCUT2D eigenvalue weighted by atomic mass is 10.2. The molecule has 1 saturated heterocycles. The number of carbonyl (C=O) groups excluding carboxylic acids is 2. The van der Waals surface area contributed by atoms with E-state index >= 15 is 0 Å². The first-order valence-electron chi connectivity index (χ1n) is 9.06. The topological polar surface area (TPSA) is 92.8 Å². The lowest BCUT2D eigenvalue weighted by Gasteiger charge is -2.18. The van der Waals surface area contributed by atoms with Gasteiger partial charge in [-0.05, 0) is 56.2 Å². The van der Waals surface area contributed by atoms with Gasteiger partial charge in [-0.15, -0.1) is 0 Å². The molecule has 1 unspecified atom stereocenters. The summed E-state index contributed by atoms with van der Waals surface area (Å²) in [6, 6.07) is 10.3. The zero-order chi connectivity index (χ0) is 21.2. The summed E-state index contributed by atoms with van der Waals surface area (Å²) >= 11 is 0. The molecule has 1 aliphatic rings. The number of nitrogens with zero attached hydrogens (tertiary/aromatic N) is 1. The summed E-state index contributed by atoms with van der Waals surface area (Å²) in [5, 5.41) is 2.49. The van der Waals surface area contributed by atoms with Crippen LogP contribution in [0.3, 0.4) is 0 Å². The van der Waals surface area contributed by atoms with Gasteiger partial charge in [-0.1, -0.05) is 12.1 Å². The fourth-order valence-corrected chi connectivity index (χ4v) is 4.47. The molecule has 3 rings (SSSR count). The van der Waals surface area contributed by atoms with E-state index in [1.54, 1.807) is 25.1 Å².